The van der Waals surface area contributed by atoms with Crippen molar-refractivity contribution in [1.82, 2.24) is 4.98 Å². The minimum Gasteiger partial charge on any atom is -0.398 e. The number of nitrogens with one attached hydrogen (secondary N) is 1. The van der Waals surface area contributed by atoms with Crippen molar-refractivity contribution in [1.29, 1.82) is 0 Å². The summed E-state index contributed by atoms with van der Waals surface area (Å²) in [6.45, 7) is 3.58. The van der Waals surface area contributed by atoms with Crippen molar-refractivity contribution >= 4 is 28.2 Å². The molecule has 5 nitrogen and oxygen atoms in total. The van der Waals surface area contributed by atoms with E-state index in [1.165, 1.54) is 6.07 Å². The van der Waals surface area contributed by atoms with E-state index in [2.05, 4.69) is 10.3 Å². The summed E-state index contributed by atoms with van der Waals surface area (Å²) in [4.78, 5) is 15.4. The van der Waals surface area contributed by atoms with Gasteiger partial charge in [0.25, 0.3) is 0 Å². The summed E-state index contributed by atoms with van der Waals surface area (Å²) in [5, 5.41) is 3.57. The molecule has 5 N–H and O–H groups in total. The first-order valence-electron chi connectivity index (χ1n) is 6.19. The number of benzene rings is 1. The third-order valence-corrected chi connectivity index (χ3v) is 3.25. The zero-order chi connectivity index (χ0) is 14.9. The molecule has 0 saturated heterocycles. The maximum Gasteiger partial charge on any atom is 0.224 e. The molecular formula is C14H17FN4O. The van der Waals surface area contributed by atoms with Crippen LogP contribution in [0.3, 0.4) is 0 Å². The minimum atomic E-state index is -0.797. The van der Waals surface area contributed by atoms with Gasteiger partial charge in [-0.1, -0.05) is 0 Å². The number of rotatable bonds is 4. The lowest BCUT2D eigenvalue weighted by Crippen LogP contribution is -2.37. The predicted molar refractivity (Wildman–Crippen MR) is 77.6 cm³/mol. The van der Waals surface area contributed by atoms with Gasteiger partial charge >= 0.3 is 0 Å². The predicted octanol–water partition coefficient (Wildman–Crippen LogP) is 1.88. The van der Waals surface area contributed by atoms with E-state index in [9.17, 15) is 9.18 Å². The first-order chi connectivity index (χ1) is 9.33. The Labute approximate surface area is 116 Å². The smallest absolute Gasteiger partial charge is 0.224 e. The Hall–Kier alpha value is -2.37. The highest BCUT2D eigenvalue weighted by Gasteiger charge is 2.25. The molecule has 106 valence electrons. The fourth-order valence-corrected chi connectivity index (χ4v) is 1.80. The second kappa shape index (κ2) is 4.96. The molecule has 0 atom stereocenters. The average molecular weight is 276 g/mol. The number of anilines is 2. The summed E-state index contributed by atoms with van der Waals surface area (Å²) in [5.74, 6) is -0.966. The monoisotopic (exact) mass is 276 g/mol. The van der Waals surface area contributed by atoms with E-state index in [4.69, 9.17) is 11.5 Å². The molecule has 1 heterocycles. The molecule has 1 aromatic heterocycles. The molecule has 0 fully saturated rings. The topological polar surface area (TPSA) is 94.0 Å². The van der Waals surface area contributed by atoms with Crippen LogP contribution in [0.2, 0.25) is 0 Å². The first-order valence-corrected chi connectivity index (χ1v) is 6.19. The lowest BCUT2D eigenvalue weighted by molar-refractivity contribution is -0.125. The van der Waals surface area contributed by atoms with Crippen LogP contribution in [-0.4, -0.2) is 17.4 Å². The van der Waals surface area contributed by atoms with Crippen LogP contribution < -0.4 is 16.8 Å². The van der Waals surface area contributed by atoms with Gasteiger partial charge in [-0.2, -0.15) is 0 Å². The fourth-order valence-electron chi connectivity index (χ4n) is 1.80. The molecule has 0 aliphatic heterocycles. The number of aromatic nitrogens is 1. The van der Waals surface area contributed by atoms with Gasteiger partial charge < -0.3 is 16.8 Å². The Morgan fingerprint density at radius 2 is 2.20 bits per heavy atom. The summed E-state index contributed by atoms with van der Waals surface area (Å²) >= 11 is 0. The van der Waals surface area contributed by atoms with Gasteiger partial charge in [0, 0.05) is 23.8 Å². The summed E-state index contributed by atoms with van der Waals surface area (Å²) in [5.41, 5.74) is 11.3. The molecule has 2 aromatic rings. The van der Waals surface area contributed by atoms with E-state index in [0.29, 0.717) is 16.6 Å². The Balaban J connectivity index is 2.42. The Kier molecular flexibility index (Phi) is 3.48. The molecule has 2 rings (SSSR count). The average Bonchev–Trinajstić information content (AvgIpc) is 2.38. The molecule has 0 aliphatic carbocycles. The van der Waals surface area contributed by atoms with E-state index in [1.54, 1.807) is 32.2 Å². The van der Waals surface area contributed by atoms with Gasteiger partial charge in [0.1, 0.15) is 0 Å². The third kappa shape index (κ3) is 2.49. The second-order valence-corrected chi connectivity index (χ2v) is 5.32. The van der Waals surface area contributed by atoms with Crippen molar-refractivity contribution in [2.24, 2.45) is 11.1 Å². The van der Waals surface area contributed by atoms with Crippen LogP contribution in [0.5, 0.6) is 0 Å². The lowest BCUT2D eigenvalue weighted by atomic mass is 9.92. The van der Waals surface area contributed by atoms with Crippen LogP contribution in [0, 0.1) is 11.2 Å². The van der Waals surface area contributed by atoms with Crippen molar-refractivity contribution in [2.75, 3.05) is 17.6 Å². The van der Waals surface area contributed by atoms with Gasteiger partial charge in [-0.15, -0.1) is 0 Å². The lowest BCUT2D eigenvalue weighted by Gasteiger charge is -2.22. The quantitative estimate of drug-likeness (QED) is 0.743. The van der Waals surface area contributed by atoms with Crippen LogP contribution in [0.25, 0.3) is 10.9 Å². The van der Waals surface area contributed by atoms with Crippen LogP contribution >= 0.6 is 0 Å². The van der Waals surface area contributed by atoms with Gasteiger partial charge in [0.05, 0.1) is 16.6 Å². The van der Waals surface area contributed by atoms with Crippen LogP contribution in [0.1, 0.15) is 13.8 Å². The molecule has 0 bridgehead atoms. The molecule has 1 amide bonds. The maximum absolute atomic E-state index is 14.1. The summed E-state index contributed by atoms with van der Waals surface area (Å²) in [7, 11) is 0. The highest BCUT2D eigenvalue weighted by Crippen LogP contribution is 2.30. The Morgan fingerprint density at radius 1 is 1.50 bits per heavy atom. The molecule has 1 aromatic carbocycles. The molecule has 0 aliphatic rings. The van der Waals surface area contributed by atoms with Gasteiger partial charge in [-0.05, 0) is 32.0 Å². The van der Waals surface area contributed by atoms with Crippen molar-refractivity contribution < 1.29 is 9.18 Å². The van der Waals surface area contributed by atoms with Crippen LogP contribution in [0.4, 0.5) is 15.8 Å². The number of halogens is 1. The third-order valence-electron chi connectivity index (χ3n) is 3.25. The number of amides is 1. The number of carbonyl (C=O) groups excluding carboxylic acids is 1. The molecule has 6 heteroatoms. The van der Waals surface area contributed by atoms with Gasteiger partial charge in [0.15, 0.2) is 5.82 Å². The van der Waals surface area contributed by atoms with E-state index < -0.39 is 17.1 Å². The zero-order valence-electron chi connectivity index (χ0n) is 11.4. The van der Waals surface area contributed by atoms with Gasteiger partial charge in [-0.25, -0.2) is 4.39 Å². The molecule has 20 heavy (non-hydrogen) atoms. The summed E-state index contributed by atoms with van der Waals surface area (Å²) in [6, 6.07) is 4.73. The Morgan fingerprint density at radius 3 is 2.85 bits per heavy atom. The molecule has 0 saturated carbocycles. The molecule has 0 spiro atoms. The standard InChI is InChI=1S/C14H17FN4O/c1-14(2,13(17)20)7-19-12-9(15)6-10(16)8-4-3-5-18-11(8)12/h3-6,19H,7,16H2,1-2H3,(H2,17,20). The van der Waals surface area contributed by atoms with Crippen LogP contribution in [0.15, 0.2) is 24.4 Å². The molecular weight excluding hydrogens is 259 g/mol. The first kappa shape index (κ1) is 14.0. The normalized spacial score (nSPS) is 11.6. The number of carbonyl (C=O) groups is 1. The minimum absolute atomic E-state index is 0.203. The SMILES string of the molecule is CC(C)(CNc1c(F)cc(N)c2cccnc12)C(N)=O. The maximum atomic E-state index is 14.1. The molecule has 0 unspecified atom stereocenters. The highest BCUT2D eigenvalue weighted by molar-refractivity contribution is 5.98. The number of nitrogens with zero attached hydrogens (tertiary/aromatic N) is 1. The number of pyridine rings is 1. The number of nitrogen functional groups attached to an aromatic ring is 1. The number of hydrogen-bond acceptors (Lipinski definition) is 4. The van der Waals surface area contributed by atoms with Gasteiger partial charge in [-0.3, -0.25) is 9.78 Å². The highest BCUT2D eigenvalue weighted by atomic mass is 19.1. The van der Waals surface area contributed by atoms with Crippen molar-refractivity contribution in [2.45, 2.75) is 13.8 Å². The number of fused-ring (bicyclic) bond motifs is 1. The largest absolute Gasteiger partial charge is 0.398 e. The van der Waals surface area contributed by atoms with Crippen molar-refractivity contribution in [3.8, 4) is 0 Å². The van der Waals surface area contributed by atoms with E-state index >= 15 is 0 Å². The summed E-state index contributed by atoms with van der Waals surface area (Å²) in [6.07, 6.45) is 1.56. The zero-order valence-corrected chi connectivity index (χ0v) is 11.4. The van der Waals surface area contributed by atoms with Gasteiger partial charge in [0.2, 0.25) is 5.91 Å². The van der Waals surface area contributed by atoms with Crippen molar-refractivity contribution in [3.63, 3.8) is 0 Å². The Bertz CT molecular complexity index is 670. The van der Waals surface area contributed by atoms with Crippen LogP contribution in [-0.2, 0) is 4.79 Å². The van der Waals surface area contributed by atoms with E-state index in [1.807, 2.05) is 0 Å². The number of nitrogens with two attached hydrogens (primary N) is 2. The molecule has 0 radical (unpaired) electrons. The van der Waals surface area contributed by atoms with E-state index in [0.717, 1.165) is 0 Å². The fraction of sp³-hybridized carbons (Fsp3) is 0.286. The number of hydrogen-bond donors (Lipinski definition) is 3. The van der Waals surface area contributed by atoms with Crippen molar-refractivity contribution in [3.05, 3.63) is 30.2 Å². The second-order valence-electron chi connectivity index (χ2n) is 5.32. The van der Waals surface area contributed by atoms with E-state index in [-0.39, 0.29) is 12.2 Å². The number of primary amides is 1. The summed E-state index contributed by atoms with van der Waals surface area (Å²) < 4.78 is 14.1.